The lowest BCUT2D eigenvalue weighted by Gasteiger charge is -2.29. The van der Waals surface area contributed by atoms with E-state index in [9.17, 15) is 13.6 Å². The first-order valence-electron chi connectivity index (χ1n) is 9.90. The summed E-state index contributed by atoms with van der Waals surface area (Å²) in [6.45, 7) is 1.26. The number of carbonyl (C=O) groups is 1. The van der Waals surface area contributed by atoms with Gasteiger partial charge < -0.3 is 13.8 Å². The number of halogens is 2. The summed E-state index contributed by atoms with van der Waals surface area (Å²) in [6.07, 6.45) is 1.25. The van der Waals surface area contributed by atoms with Crippen LogP contribution in [0.2, 0.25) is 0 Å². The van der Waals surface area contributed by atoms with Crippen molar-refractivity contribution in [2.75, 3.05) is 23.3 Å². The van der Waals surface area contributed by atoms with Gasteiger partial charge in [-0.25, -0.2) is 8.78 Å². The lowest BCUT2D eigenvalue weighted by molar-refractivity contribution is -0.120. The summed E-state index contributed by atoms with van der Waals surface area (Å²) in [5, 5.41) is 6.45. The molecular formula is C22H18F2N4O3. The third-order valence-electron chi connectivity index (χ3n) is 5.38. The van der Waals surface area contributed by atoms with Gasteiger partial charge in [-0.15, -0.1) is 0 Å². The summed E-state index contributed by atoms with van der Waals surface area (Å²) < 4.78 is 37.9. The number of hydrogen-bond donors (Lipinski definition) is 1. The molecule has 0 bridgehead atoms. The summed E-state index contributed by atoms with van der Waals surface area (Å²) in [6, 6.07) is 12.7. The molecule has 9 heteroatoms. The molecule has 5 rings (SSSR count). The van der Waals surface area contributed by atoms with Crippen molar-refractivity contribution < 1.29 is 22.5 Å². The van der Waals surface area contributed by atoms with E-state index in [-0.39, 0.29) is 29.0 Å². The van der Waals surface area contributed by atoms with Crippen LogP contribution < -0.4 is 10.2 Å². The van der Waals surface area contributed by atoms with Crippen LogP contribution in [0, 0.1) is 17.6 Å². The van der Waals surface area contributed by atoms with Gasteiger partial charge in [0, 0.05) is 36.7 Å². The van der Waals surface area contributed by atoms with E-state index in [4.69, 9.17) is 8.94 Å². The zero-order valence-corrected chi connectivity index (χ0v) is 16.3. The first kappa shape index (κ1) is 19.2. The van der Waals surface area contributed by atoms with Gasteiger partial charge in [0.05, 0.1) is 0 Å². The average Bonchev–Trinajstić information content (AvgIpc) is 3.41. The monoisotopic (exact) mass is 424 g/mol. The smallest absolute Gasteiger partial charge is 0.298 e. The number of benzene rings is 2. The van der Waals surface area contributed by atoms with Crippen LogP contribution >= 0.6 is 0 Å². The van der Waals surface area contributed by atoms with Crippen molar-refractivity contribution >= 4 is 28.9 Å². The normalized spacial score (nSPS) is 14.8. The Morgan fingerprint density at radius 1 is 1.10 bits per heavy atom. The Balaban J connectivity index is 1.21. The number of para-hydroxylation sites is 2. The Morgan fingerprint density at radius 3 is 2.68 bits per heavy atom. The van der Waals surface area contributed by atoms with Crippen LogP contribution in [0.15, 0.2) is 57.5 Å². The van der Waals surface area contributed by atoms with Crippen molar-refractivity contribution in [3.8, 4) is 11.3 Å². The highest BCUT2D eigenvalue weighted by molar-refractivity contribution is 5.92. The van der Waals surface area contributed by atoms with Gasteiger partial charge in [0.25, 0.3) is 6.01 Å². The Hall–Kier alpha value is -3.75. The average molecular weight is 424 g/mol. The topological polar surface area (TPSA) is 84.4 Å². The number of nitrogens with zero attached hydrogens (tertiary/aromatic N) is 3. The number of aromatic nitrogens is 2. The maximum Gasteiger partial charge on any atom is 0.298 e. The van der Waals surface area contributed by atoms with E-state index in [1.807, 2.05) is 29.2 Å². The van der Waals surface area contributed by atoms with Crippen molar-refractivity contribution in [3.05, 3.63) is 60.2 Å². The highest BCUT2D eigenvalue weighted by atomic mass is 19.1. The molecule has 7 nitrogen and oxygen atoms in total. The van der Waals surface area contributed by atoms with Crippen molar-refractivity contribution in [2.24, 2.45) is 5.92 Å². The van der Waals surface area contributed by atoms with Crippen LogP contribution in [0.3, 0.4) is 0 Å². The number of fused-ring (bicyclic) bond motifs is 1. The highest BCUT2D eigenvalue weighted by Gasteiger charge is 2.28. The molecular weight excluding hydrogens is 406 g/mol. The molecule has 0 spiro atoms. The van der Waals surface area contributed by atoms with Crippen molar-refractivity contribution in [1.82, 2.24) is 10.1 Å². The van der Waals surface area contributed by atoms with E-state index < -0.39 is 11.6 Å². The number of oxazole rings is 1. The molecule has 0 aliphatic carbocycles. The van der Waals surface area contributed by atoms with E-state index in [2.05, 4.69) is 15.5 Å². The van der Waals surface area contributed by atoms with Crippen LogP contribution in [-0.4, -0.2) is 29.1 Å². The Labute approximate surface area is 175 Å². The number of nitrogens with one attached hydrogen (secondary N) is 1. The Morgan fingerprint density at radius 2 is 1.90 bits per heavy atom. The zero-order valence-electron chi connectivity index (χ0n) is 16.3. The van der Waals surface area contributed by atoms with Gasteiger partial charge in [-0.1, -0.05) is 17.3 Å². The predicted octanol–water partition coefficient (Wildman–Crippen LogP) is 4.62. The molecule has 0 saturated carbocycles. The first-order valence-corrected chi connectivity index (χ1v) is 9.90. The minimum atomic E-state index is -0.752. The van der Waals surface area contributed by atoms with Gasteiger partial charge in [-0.05, 0) is 37.1 Å². The van der Waals surface area contributed by atoms with E-state index in [0.29, 0.717) is 31.9 Å². The lowest BCUT2D eigenvalue weighted by Crippen LogP contribution is -2.38. The summed E-state index contributed by atoms with van der Waals surface area (Å²) in [5.74, 6) is -1.72. The maximum absolute atomic E-state index is 13.9. The first-order chi connectivity index (χ1) is 15.1. The molecule has 2 aromatic carbocycles. The number of hydrogen-bond acceptors (Lipinski definition) is 6. The zero-order chi connectivity index (χ0) is 21.4. The SMILES string of the molecule is O=C(Nc1cc(-c2ccc(F)cc2F)no1)C1CCN(c2nc3ccccc3o2)CC1. The molecule has 158 valence electrons. The molecule has 31 heavy (non-hydrogen) atoms. The number of amides is 1. The summed E-state index contributed by atoms with van der Waals surface area (Å²) in [5.41, 5.74) is 1.81. The summed E-state index contributed by atoms with van der Waals surface area (Å²) >= 11 is 0. The summed E-state index contributed by atoms with van der Waals surface area (Å²) in [7, 11) is 0. The highest BCUT2D eigenvalue weighted by Crippen LogP contribution is 2.28. The summed E-state index contributed by atoms with van der Waals surface area (Å²) in [4.78, 5) is 19.1. The maximum atomic E-state index is 13.9. The fourth-order valence-electron chi connectivity index (χ4n) is 3.71. The third-order valence-corrected chi connectivity index (χ3v) is 5.38. The third kappa shape index (κ3) is 3.86. The van der Waals surface area contributed by atoms with Crippen LogP contribution in [0.25, 0.3) is 22.4 Å². The molecule has 4 aromatic rings. The molecule has 1 N–H and O–H groups in total. The fourth-order valence-corrected chi connectivity index (χ4v) is 3.71. The van der Waals surface area contributed by atoms with E-state index in [1.165, 1.54) is 12.1 Å². The molecule has 3 heterocycles. The minimum Gasteiger partial charge on any atom is -0.423 e. The number of piperidine rings is 1. The molecule has 1 amide bonds. The van der Waals surface area contributed by atoms with Gasteiger partial charge >= 0.3 is 0 Å². The van der Waals surface area contributed by atoms with Crippen LogP contribution in [0.1, 0.15) is 12.8 Å². The predicted molar refractivity (Wildman–Crippen MR) is 109 cm³/mol. The second-order valence-corrected chi connectivity index (χ2v) is 7.42. The van der Waals surface area contributed by atoms with Crippen molar-refractivity contribution in [1.29, 1.82) is 0 Å². The molecule has 0 atom stereocenters. The number of carbonyl (C=O) groups excluding carboxylic acids is 1. The van der Waals surface area contributed by atoms with E-state index in [1.54, 1.807) is 0 Å². The Bertz CT molecular complexity index is 1210. The van der Waals surface area contributed by atoms with Gasteiger partial charge in [0.1, 0.15) is 22.8 Å². The van der Waals surface area contributed by atoms with E-state index >= 15 is 0 Å². The molecule has 0 unspecified atom stereocenters. The largest absolute Gasteiger partial charge is 0.423 e. The van der Waals surface area contributed by atoms with Crippen LogP contribution in [0.4, 0.5) is 20.7 Å². The standard InChI is InChI=1S/C22H18F2N4O3/c23-14-5-6-15(16(24)11-14)18-12-20(31-27-18)26-21(29)13-7-9-28(10-8-13)22-25-17-3-1-2-4-19(17)30-22/h1-6,11-13H,7-10H2,(H,26,29). The van der Waals surface area contributed by atoms with Gasteiger partial charge in [-0.2, -0.15) is 4.98 Å². The molecule has 1 saturated heterocycles. The van der Waals surface area contributed by atoms with Gasteiger partial charge in [-0.3, -0.25) is 10.1 Å². The molecule has 1 fully saturated rings. The van der Waals surface area contributed by atoms with Crippen LogP contribution in [-0.2, 0) is 4.79 Å². The number of rotatable bonds is 4. The fraction of sp³-hybridized carbons (Fsp3) is 0.227. The van der Waals surface area contributed by atoms with Crippen LogP contribution in [0.5, 0.6) is 0 Å². The molecule has 1 aliphatic heterocycles. The van der Waals surface area contributed by atoms with Gasteiger partial charge in [0.2, 0.25) is 11.8 Å². The van der Waals surface area contributed by atoms with Crippen molar-refractivity contribution in [2.45, 2.75) is 12.8 Å². The second kappa shape index (κ2) is 7.82. The Kier molecular flexibility index (Phi) is 4.85. The molecule has 1 aliphatic rings. The van der Waals surface area contributed by atoms with Crippen molar-refractivity contribution in [3.63, 3.8) is 0 Å². The molecule has 2 aromatic heterocycles. The van der Waals surface area contributed by atoms with Gasteiger partial charge in [0.15, 0.2) is 5.58 Å². The molecule has 0 radical (unpaired) electrons. The van der Waals surface area contributed by atoms with E-state index in [0.717, 1.165) is 23.2 Å². The number of anilines is 2. The second-order valence-electron chi connectivity index (χ2n) is 7.42. The quantitative estimate of drug-likeness (QED) is 0.515. The minimum absolute atomic E-state index is 0.0947. The lowest BCUT2D eigenvalue weighted by atomic mass is 9.96.